The molecule has 0 radical (unpaired) electrons. The van der Waals surface area contributed by atoms with Gasteiger partial charge in [0.15, 0.2) is 0 Å². The molecule has 0 atom stereocenters. The zero-order chi connectivity index (χ0) is 16.9. The lowest BCUT2D eigenvalue weighted by Gasteiger charge is -2.07. The number of hydrogen-bond donors (Lipinski definition) is 0. The maximum atomic E-state index is 13.2. The second kappa shape index (κ2) is 7.21. The fourth-order valence-corrected chi connectivity index (χ4v) is 2.74. The highest BCUT2D eigenvalue weighted by Gasteiger charge is 2.12. The fraction of sp³-hybridized carbons (Fsp3) is 0.200. The number of hydrogen-bond acceptors (Lipinski definition) is 2. The summed E-state index contributed by atoms with van der Waals surface area (Å²) in [6.07, 6.45) is 1.27. The van der Waals surface area contributed by atoms with Crippen molar-refractivity contribution < 1.29 is 9.18 Å². The van der Waals surface area contributed by atoms with Crippen LogP contribution in [0.3, 0.4) is 0 Å². The average Bonchev–Trinajstić information content (AvgIpc) is 2.94. The number of halogens is 1. The van der Waals surface area contributed by atoms with Crippen molar-refractivity contribution in [1.82, 2.24) is 9.78 Å². The lowest BCUT2D eigenvalue weighted by molar-refractivity contribution is -0.118. The van der Waals surface area contributed by atoms with Gasteiger partial charge in [-0.1, -0.05) is 30.3 Å². The molecule has 1 heterocycles. The Morgan fingerprint density at radius 3 is 2.62 bits per heavy atom. The van der Waals surface area contributed by atoms with E-state index in [-0.39, 0.29) is 11.6 Å². The third-order valence-corrected chi connectivity index (χ3v) is 3.87. The van der Waals surface area contributed by atoms with Crippen molar-refractivity contribution >= 4 is 5.78 Å². The van der Waals surface area contributed by atoms with Gasteiger partial charge in [0.2, 0.25) is 0 Å². The second-order valence-electron chi connectivity index (χ2n) is 5.87. The van der Waals surface area contributed by atoms with E-state index in [2.05, 4.69) is 5.10 Å². The monoisotopic (exact) mass is 322 g/mol. The normalized spacial score (nSPS) is 10.8. The molecule has 0 fully saturated rings. The van der Waals surface area contributed by atoms with Crippen molar-refractivity contribution in [1.29, 1.82) is 0 Å². The number of aryl methyl sites for hydroxylation is 2. The molecule has 0 amide bonds. The lowest BCUT2D eigenvalue weighted by Crippen LogP contribution is -2.09. The second-order valence-corrected chi connectivity index (χ2v) is 5.87. The molecule has 0 saturated carbocycles. The van der Waals surface area contributed by atoms with Crippen LogP contribution in [-0.4, -0.2) is 15.6 Å². The molecule has 1 aromatic heterocycles. The van der Waals surface area contributed by atoms with Crippen LogP contribution in [0.25, 0.3) is 5.69 Å². The van der Waals surface area contributed by atoms with Gasteiger partial charge in [0.1, 0.15) is 11.6 Å². The number of rotatable bonds is 6. The molecule has 0 aliphatic rings. The molecule has 0 aliphatic heterocycles. The Bertz CT molecular complexity index is 840. The smallest absolute Gasteiger partial charge is 0.139 e. The van der Waals surface area contributed by atoms with Crippen molar-refractivity contribution in [3.63, 3.8) is 0 Å². The van der Waals surface area contributed by atoms with Gasteiger partial charge in [-0.3, -0.25) is 4.79 Å². The Kier molecular flexibility index (Phi) is 4.85. The van der Waals surface area contributed by atoms with Crippen molar-refractivity contribution in [3.8, 4) is 5.69 Å². The molecular formula is C20H19FN2O. The van der Waals surface area contributed by atoms with Crippen LogP contribution >= 0.6 is 0 Å². The summed E-state index contributed by atoms with van der Waals surface area (Å²) in [6, 6.07) is 18.1. The molecule has 3 aromatic rings. The van der Waals surface area contributed by atoms with E-state index in [4.69, 9.17) is 0 Å². The van der Waals surface area contributed by atoms with Crippen molar-refractivity contribution in [2.45, 2.75) is 26.2 Å². The third-order valence-electron chi connectivity index (χ3n) is 3.87. The largest absolute Gasteiger partial charge is 0.299 e. The Morgan fingerprint density at radius 2 is 1.88 bits per heavy atom. The number of aromatic nitrogens is 2. The van der Waals surface area contributed by atoms with Crippen molar-refractivity contribution in [2.24, 2.45) is 0 Å². The van der Waals surface area contributed by atoms with Crippen LogP contribution in [0.2, 0.25) is 0 Å². The van der Waals surface area contributed by atoms with Gasteiger partial charge in [0.25, 0.3) is 0 Å². The third kappa shape index (κ3) is 3.96. The molecule has 122 valence electrons. The van der Waals surface area contributed by atoms with Crippen molar-refractivity contribution in [3.05, 3.63) is 83.4 Å². The number of Topliss-reactive ketones (excluding diaryl/α,β-unsaturated/α-hetero) is 1. The summed E-state index contributed by atoms with van der Waals surface area (Å²) >= 11 is 0. The summed E-state index contributed by atoms with van der Waals surface area (Å²) in [6.45, 7) is 1.92. The van der Waals surface area contributed by atoms with E-state index in [0.29, 0.717) is 19.3 Å². The van der Waals surface area contributed by atoms with E-state index in [1.165, 1.54) is 12.1 Å². The maximum Gasteiger partial charge on any atom is 0.139 e. The Labute approximate surface area is 140 Å². The summed E-state index contributed by atoms with van der Waals surface area (Å²) in [4.78, 5) is 12.3. The quantitative estimate of drug-likeness (QED) is 0.686. The summed E-state index contributed by atoms with van der Waals surface area (Å²) in [5.74, 6) is -0.144. The molecule has 0 unspecified atom stereocenters. The van der Waals surface area contributed by atoms with Crippen LogP contribution in [0.5, 0.6) is 0 Å². The summed E-state index contributed by atoms with van der Waals surface area (Å²) in [7, 11) is 0. The Hall–Kier alpha value is -2.75. The minimum atomic E-state index is -0.266. The van der Waals surface area contributed by atoms with Crippen molar-refractivity contribution in [2.75, 3.05) is 0 Å². The number of carbonyl (C=O) groups excluding carboxylic acids is 1. The highest BCUT2D eigenvalue weighted by Crippen LogP contribution is 2.14. The predicted molar refractivity (Wildman–Crippen MR) is 91.7 cm³/mol. The number of nitrogens with zero attached hydrogens (tertiary/aromatic N) is 2. The highest BCUT2D eigenvalue weighted by atomic mass is 19.1. The summed E-state index contributed by atoms with van der Waals surface area (Å²) < 4.78 is 15.0. The van der Waals surface area contributed by atoms with Crippen LogP contribution in [-0.2, 0) is 17.6 Å². The van der Waals surface area contributed by atoms with E-state index >= 15 is 0 Å². The van der Waals surface area contributed by atoms with Gasteiger partial charge in [-0.25, -0.2) is 9.07 Å². The SMILES string of the molecule is Cc1cc(CC(=O)CCc2cccc(F)c2)n(-c2ccccc2)n1. The standard InChI is InChI=1S/C20H19FN2O/c1-15-12-19(23(22-15)18-8-3-2-4-9-18)14-20(24)11-10-16-6-5-7-17(21)13-16/h2-9,12-13H,10-11,14H2,1H3. The molecule has 4 heteroatoms. The minimum Gasteiger partial charge on any atom is -0.299 e. The van der Waals surface area contributed by atoms with Crippen LogP contribution in [0.4, 0.5) is 4.39 Å². The van der Waals surface area contributed by atoms with Gasteiger partial charge in [0.05, 0.1) is 17.1 Å². The van der Waals surface area contributed by atoms with E-state index in [9.17, 15) is 9.18 Å². The molecule has 24 heavy (non-hydrogen) atoms. The fourth-order valence-electron chi connectivity index (χ4n) is 2.74. The van der Waals surface area contributed by atoms with Gasteiger partial charge < -0.3 is 0 Å². The van der Waals surface area contributed by atoms with Gasteiger partial charge in [-0.05, 0) is 49.2 Å². The molecule has 0 bridgehead atoms. The molecule has 0 aliphatic carbocycles. The Morgan fingerprint density at radius 1 is 1.08 bits per heavy atom. The van der Waals surface area contributed by atoms with E-state index in [0.717, 1.165) is 22.6 Å². The first-order chi connectivity index (χ1) is 11.6. The van der Waals surface area contributed by atoms with Gasteiger partial charge >= 0.3 is 0 Å². The molecule has 0 saturated heterocycles. The molecule has 3 rings (SSSR count). The van der Waals surface area contributed by atoms with Gasteiger partial charge in [-0.15, -0.1) is 0 Å². The summed E-state index contributed by atoms with van der Waals surface area (Å²) in [5, 5.41) is 4.48. The number of carbonyl (C=O) groups is 1. The molecule has 0 N–H and O–H groups in total. The predicted octanol–water partition coefficient (Wildman–Crippen LogP) is 4.06. The van der Waals surface area contributed by atoms with E-state index in [1.54, 1.807) is 6.07 Å². The van der Waals surface area contributed by atoms with Gasteiger partial charge in [-0.2, -0.15) is 5.10 Å². The summed E-state index contributed by atoms with van der Waals surface area (Å²) in [5.41, 5.74) is 3.55. The molecule has 0 spiro atoms. The first kappa shape index (κ1) is 16.1. The Balaban J connectivity index is 1.69. The van der Waals surface area contributed by atoms with E-state index < -0.39 is 0 Å². The number of benzene rings is 2. The van der Waals surface area contributed by atoms with Crippen LogP contribution < -0.4 is 0 Å². The van der Waals surface area contributed by atoms with Crippen LogP contribution in [0.15, 0.2) is 60.7 Å². The molecular weight excluding hydrogens is 303 g/mol. The number of ketones is 1. The first-order valence-corrected chi connectivity index (χ1v) is 7.99. The zero-order valence-corrected chi connectivity index (χ0v) is 13.6. The van der Waals surface area contributed by atoms with Gasteiger partial charge in [0, 0.05) is 12.8 Å². The van der Waals surface area contributed by atoms with E-state index in [1.807, 2.05) is 54.1 Å². The molecule has 3 nitrogen and oxygen atoms in total. The number of para-hydroxylation sites is 1. The zero-order valence-electron chi connectivity index (χ0n) is 13.6. The van der Waals surface area contributed by atoms with Crippen LogP contribution in [0.1, 0.15) is 23.4 Å². The lowest BCUT2D eigenvalue weighted by atomic mass is 10.0. The highest BCUT2D eigenvalue weighted by molar-refractivity contribution is 5.80. The maximum absolute atomic E-state index is 13.2. The minimum absolute atomic E-state index is 0.122. The molecule has 2 aromatic carbocycles. The van der Waals surface area contributed by atoms with Crippen LogP contribution in [0, 0.1) is 12.7 Å². The first-order valence-electron chi connectivity index (χ1n) is 7.99. The average molecular weight is 322 g/mol. The topological polar surface area (TPSA) is 34.9 Å².